The monoisotopic (exact) mass is 393 g/mol. The number of fused-ring (bicyclic) bond motifs is 1. The first-order valence-electron chi connectivity index (χ1n) is 8.93. The van der Waals surface area contributed by atoms with E-state index in [1.807, 2.05) is 6.07 Å². The average Bonchev–Trinajstić information content (AvgIpc) is 3.07. The molecule has 1 aromatic heterocycles. The summed E-state index contributed by atoms with van der Waals surface area (Å²) in [5.74, 6) is -0.176. The van der Waals surface area contributed by atoms with Gasteiger partial charge in [-0.2, -0.15) is 0 Å². The molecule has 1 aliphatic heterocycles. The molecule has 0 bridgehead atoms. The number of carbonyl (C=O) groups excluding carboxylic acids is 1. The molecule has 0 amide bonds. The number of aromatic nitrogens is 1. The van der Waals surface area contributed by atoms with Gasteiger partial charge < -0.3 is 19.9 Å². The molecule has 2 heterocycles. The number of hydrogen-bond acceptors (Lipinski definition) is 5. The van der Waals surface area contributed by atoms with Crippen LogP contribution in [0.1, 0.15) is 17.8 Å². The lowest BCUT2D eigenvalue weighted by atomic mass is 10.3. The Bertz CT molecular complexity index is 723. The molecule has 1 fully saturated rings. The van der Waals surface area contributed by atoms with Crippen LogP contribution in [0, 0.1) is 0 Å². The van der Waals surface area contributed by atoms with Crippen molar-refractivity contribution in [2.45, 2.75) is 19.4 Å². The number of nitrogens with one attached hydrogen (secondary N) is 2. The molecule has 1 aliphatic rings. The molecule has 2 aromatic rings. The van der Waals surface area contributed by atoms with Crippen molar-refractivity contribution >= 4 is 44.9 Å². The van der Waals surface area contributed by atoms with Crippen LogP contribution in [0.25, 0.3) is 10.2 Å². The SMILES string of the molecule is COC(=O)CCCNC(=S)N1CC[NH+](Cc2nc3ccccc3s2)CC1. The third-order valence-electron chi connectivity index (χ3n) is 4.56. The second-order valence-electron chi connectivity index (χ2n) is 6.40. The highest BCUT2D eigenvalue weighted by Crippen LogP contribution is 2.20. The lowest BCUT2D eigenvalue weighted by Gasteiger charge is -2.33. The first-order valence-corrected chi connectivity index (χ1v) is 10.2. The van der Waals surface area contributed by atoms with Gasteiger partial charge in [-0.15, -0.1) is 11.3 Å². The molecular formula is C18H25N4O2S2+. The third kappa shape index (κ3) is 5.12. The Morgan fingerprint density at radius 3 is 2.88 bits per heavy atom. The van der Waals surface area contributed by atoms with Crippen molar-refractivity contribution < 1.29 is 14.4 Å². The molecule has 0 saturated carbocycles. The number of methoxy groups -OCH3 is 1. The standard InChI is InChI=1S/C18H24N4O2S2/c1-24-17(23)7-4-8-19-18(25)22-11-9-21(10-12-22)13-16-20-14-5-2-3-6-15(14)26-16/h2-3,5-6H,4,7-13H2,1H3,(H,19,25)/p+1. The summed E-state index contributed by atoms with van der Waals surface area (Å²) in [6.45, 7) is 5.69. The van der Waals surface area contributed by atoms with Gasteiger partial charge in [0, 0.05) is 13.0 Å². The molecule has 1 saturated heterocycles. The summed E-state index contributed by atoms with van der Waals surface area (Å²) >= 11 is 7.27. The molecule has 6 nitrogen and oxygen atoms in total. The van der Waals surface area contributed by atoms with Crippen LogP contribution in [-0.2, 0) is 16.1 Å². The fourth-order valence-corrected chi connectivity index (χ4v) is 4.38. The number of thiocarbonyl (C=S) groups is 1. The van der Waals surface area contributed by atoms with Gasteiger partial charge in [0.25, 0.3) is 0 Å². The maximum atomic E-state index is 11.1. The average molecular weight is 394 g/mol. The van der Waals surface area contributed by atoms with Crippen molar-refractivity contribution in [2.75, 3.05) is 39.8 Å². The van der Waals surface area contributed by atoms with Crippen molar-refractivity contribution in [2.24, 2.45) is 0 Å². The van der Waals surface area contributed by atoms with E-state index in [1.54, 1.807) is 16.2 Å². The zero-order valence-electron chi connectivity index (χ0n) is 15.0. The molecule has 1 aromatic carbocycles. The topological polar surface area (TPSA) is 58.9 Å². The van der Waals surface area contributed by atoms with Gasteiger partial charge in [0.2, 0.25) is 0 Å². The van der Waals surface area contributed by atoms with Crippen LogP contribution in [0.3, 0.4) is 0 Å². The van der Waals surface area contributed by atoms with E-state index in [9.17, 15) is 4.79 Å². The van der Waals surface area contributed by atoms with Crippen LogP contribution < -0.4 is 10.2 Å². The fraction of sp³-hybridized carbons (Fsp3) is 0.500. The number of piperazine rings is 1. The van der Waals surface area contributed by atoms with E-state index in [4.69, 9.17) is 17.2 Å². The number of rotatable bonds is 6. The number of thiazole rings is 1. The van der Waals surface area contributed by atoms with Crippen LogP contribution in [0.15, 0.2) is 24.3 Å². The van der Waals surface area contributed by atoms with Crippen molar-refractivity contribution in [1.29, 1.82) is 0 Å². The minimum atomic E-state index is -0.176. The Hall–Kier alpha value is -1.77. The Morgan fingerprint density at radius 1 is 1.38 bits per heavy atom. The zero-order valence-corrected chi connectivity index (χ0v) is 16.6. The Kier molecular flexibility index (Phi) is 6.76. The van der Waals surface area contributed by atoms with E-state index >= 15 is 0 Å². The number of benzene rings is 1. The van der Waals surface area contributed by atoms with Gasteiger partial charge >= 0.3 is 5.97 Å². The van der Waals surface area contributed by atoms with Crippen LogP contribution in [-0.4, -0.2) is 60.8 Å². The summed E-state index contributed by atoms with van der Waals surface area (Å²) in [6, 6.07) is 8.31. The van der Waals surface area contributed by atoms with E-state index in [1.165, 1.54) is 16.8 Å². The molecule has 8 heteroatoms. The van der Waals surface area contributed by atoms with Crippen LogP contribution in [0.2, 0.25) is 0 Å². The number of hydrogen-bond donors (Lipinski definition) is 2. The van der Waals surface area contributed by atoms with Gasteiger partial charge in [0.1, 0.15) is 11.6 Å². The molecule has 0 unspecified atom stereocenters. The highest BCUT2D eigenvalue weighted by atomic mass is 32.1. The second-order valence-corrected chi connectivity index (χ2v) is 7.90. The summed E-state index contributed by atoms with van der Waals surface area (Å²) in [5.41, 5.74) is 1.10. The van der Waals surface area contributed by atoms with E-state index in [2.05, 4.69) is 33.2 Å². The molecule has 140 valence electrons. The fourth-order valence-electron chi connectivity index (χ4n) is 3.05. The summed E-state index contributed by atoms with van der Waals surface area (Å²) in [6.07, 6.45) is 1.15. The predicted octanol–water partition coefficient (Wildman–Crippen LogP) is 0.825. The maximum Gasteiger partial charge on any atom is 0.305 e. The predicted molar refractivity (Wildman–Crippen MR) is 107 cm³/mol. The molecular weight excluding hydrogens is 368 g/mol. The lowest BCUT2D eigenvalue weighted by molar-refractivity contribution is -0.917. The summed E-state index contributed by atoms with van der Waals surface area (Å²) < 4.78 is 5.90. The Morgan fingerprint density at radius 2 is 2.15 bits per heavy atom. The van der Waals surface area contributed by atoms with Crippen LogP contribution in [0.5, 0.6) is 0 Å². The normalized spacial score (nSPS) is 15.2. The summed E-state index contributed by atoms with van der Waals surface area (Å²) in [5, 5.41) is 5.24. The first kappa shape index (κ1) is 19.0. The van der Waals surface area contributed by atoms with Gasteiger partial charge in [-0.05, 0) is 30.8 Å². The molecule has 0 atom stereocenters. The van der Waals surface area contributed by atoms with Gasteiger partial charge in [-0.25, -0.2) is 4.98 Å². The Balaban J connectivity index is 1.39. The number of carbonyl (C=O) groups is 1. The second kappa shape index (κ2) is 9.25. The van der Waals surface area contributed by atoms with E-state index in [-0.39, 0.29) is 5.97 Å². The lowest BCUT2D eigenvalue weighted by Crippen LogP contribution is -3.13. The van der Waals surface area contributed by atoms with E-state index < -0.39 is 0 Å². The minimum Gasteiger partial charge on any atom is -0.469 e. The number of esters is 1. The largest absolute Gasteiger partial charge is 0.469 e. The van der Waals surface area contributed by atoms with E-state index in [0.717, 1.165) is 49.8 Å². The molecule has 26 heavy (non-hydrogen) atoms. The van der Waals surface area contributed by atoms with Crippen LogP contribution >= 0.6 is 23.6 Å². The third-order valence-corrected chi connectivity index (χ3v) is 6.00. The highest BCUT2D eigenvalue weighted by molar-refractivity contribution is 7.80. The van der Waals surface area contributed by atoms with Gasteiger partial charge in [-0.1, -0.05) is 12.1 Å². The maximum absolute atomic E-state index is 11.1. The molecule has 0 radical (unpaired) electrons. The molecule has 0 aliphatic carbocycles. The summed E-state index contributed by atoms with van der Waals surface area (Å²) in [7, 11) is 1.41. The molecule has 3 rings (SSSR count). The van der Waals surface area contributed by atoms with Crippen molar-refractivity contribution in [3.8, 4) is 0 Å². The summed E-state index contributed by atoms with van der Waals surface area (Å²) in [4.78, 5) is 19.6. The first-order chi connectivity index (χ1) is 12.7. The number of para-hydroxylation sites is 1. The van der Waals surface area contributed by atoms with Crippen molar-refractivity contribution in [1.82, 2.24) is 15.2 Å². The minimum absolute atomic E-state index is 0.176. The zero-order chi connectivity index (χ0) is 18.4. The number of ether oxygens (including phenoxy) is 1. The van der Waals surface area contributed by atoms with E-state index in [0.29, 0.717) is 13.0 Å². The smallest absolute Gasteiger partial charge is 0.305 e. The Labute approximate surface area is 163 Å². The molecule has 2 N–H and O–H groups in total. The number of nitrogens with zero attached hydrogens (tertiary/aromatic N) is 2. The van der Waals surface area contributed by atoms with Gasteiger partial charge in [-0.3, -0.25) is 4.79 Å². The quantitative estimate of drug-likeness (QED) is 0.431. The van der Waals surface area contributed by atoms with Crippen molar-refractivity contribution in [3.63, 3.8) is 0 Å². The van der Waals surface area contributed by atoms with Gasteiger partial charge in [0.05, 0.1) is 43.5 Å². The molecule has 0 spiro atoms. The van der Waals surface area contributed by atoms with Gasteiger partial charge in [0.15, 0.2) is 5.11 Å². The van der Waals surface area contributed by atoms with Crippen LogP contribution in [0.4, 0.5) is 0 Å². The van der Waals surface area contributed by atoms with Crippen molar-refractivity contribution in [3.05, 3.63) is 29.3 Å². The highest BCUT2D eigenvalue weighted by Gasteiger charge is 2.22. The number of quaternary nitrogens is 1.